The van der Waals surface area contributed by atoms with E-state index in [2.05, 4.69) is 46.8 Å². The Morgan fingerprint density at radius 3 is 2.58 bits per heavy atom. The Labute approximate surface area is 255 Å². The number of nitrogens with two attached hydrogens (primary N) is 1. The zero-order valence-corrected chi connectivity index (χ0v) is 25.6. The van der Waals surface area contributed by atoms with Gasteiger partial charge in [0.1, 0.15) is 5.75 Å². The van der Waals surface area contributed by atoms with Gasteiger partial charge in [-0.2, -0.15) is 0 Å². The van der Waals surface area contributed by atoms with Crippen molar-refractivity contribution in [1.29, 1.82) is 0 Å². The largest absolute Gasteiger partial charge is 0.496 e. The first-order chi connectivity index (χ1) is 20.9. The molecule has 3 fully saturated rings. The predicted octanol–water partition coefficient (Wildman–Crippen LogP) is 6.88. The number of benzene rings is 2. The number of thiophene rings is 1. The Kier molecular flexibility index (Phi) is 6.28. The molecule has 2 aliphatic carbocycles. The van der Waals surface area contributed by atoms with Gasteiger partial charge in [0.2, 0.25) is 5.88 Å². The van der Waals surface area contributed by atoms with Crippen LogP contribution in [0.25, 0.3) is 42.7 Å². The Balaban J connectivity index is 1.24. The minimum atomic E-state index is 0.0681. The summed E-state index contributed by atoms with van der Waals surface area (Å²) < 4.78 is 14.9. The van der Waals surface area contributed by atoms with Crippen molar-refractivity contribution < 1.29 is 14.3 Å². The molecule has 1 aliphatic heterocycles. The number of likely N-dealkylation sites (tertiary alicyclic amines) is 1. The summed E-state index contributed by atoms with van der Waals surface area (Å²) in [6.07, 6.45) is 6.46. The fourth-order valence-corrected chi connectivity index (χ4v) is 8.69. The van der Waals surface area contributed by atoms with Crippen LogP contribution in [0.5, 0.6) is 11.6 Å². The van der Waals surface area contributed by atoms with E-state index in [0.717, 1.165) is 52.9 Å². The molecule has 3 aromatic heterocycles. The highest BCUT2D eigenvalue weighted by molar-refractivity contribution is 7.22. The lowest BCUT2D eigenvalue weighted by Crippen LogP contribution is -2.41. The number of piperidine rings is 1. The van der Waals surface area contributed by atoms with Gasteiger partial charge in [-0.25, -0.2) is 4.98 Å². The quantitative estimate of drug-likeness (QED) is 0.223. The van der Waals surface area contributed by atoms with Crippen molar-refractivity contribution in [2.75, 3.05) is 20.8 Å². The standard InChI is InChI=1S/C35H36N4O3S/c1-19-32-29(41-2)14-25(35(40)39-18-24-8-9-26(39)33(24)36)15-30(32)43-34(19)28-13-23-7-6-21(22-10-11-37-31(16-22)42-3)12-27(23)38(28)17-20-4-5-20/h6-7,10-16,20,24,26,33H,4-5,8-9,17-18,36H2,1-3H3/t24?,26?,33-/m1/s1. The van der Waals surface area contributed by atoms with Crippen molar-refractivity contribution in [3.05, 3.63) is 65.9 Å². The van der Waals surface area contributed by atoms with Crippen LogP contribution in [0.4, 0.5) is 0 Å². The van der Waals surface area contributed by atoms with Gasteiger partial charge in [-0.1, -0.05) is 12.1 Å². The van der Waals surface area contributed by atoms with Crippen LogP contribution in [0.15, 0.2) is 54.7 Å². The van der Waals surface area contributed by atoms with E-state index >= 15 is 0 Å². The summed E-state index contributed by atoms with van der Waals surface area (Å²) in [6, 6.07) is 17.3. The molecule has 43 heavy (non-hydrogen) atoms. The molecule has 4 heterocycles. The topological polar surface area (TPSA) is 82.6 Å². The predicted molar refractivity (Wildman–Crippen MR) is 172 cm³/mol. The molecule has 2 bridgehead atoms. The molecule has 0 spiro atoms. The zero-order valence-electron chi connectivity index (χ0n) is 24.8. The van der Waals surface area contributed by atoms with Gasteiger partial charge in [0.15, 0.2) is 0 Å². The molecule has 0 radical (unpaired) electrons. The number of rotatable bonds is 7. The van der Waals surface area contributed by atoms with Crippen LogP contribution in [-0.2, 0) is 6.54 Å². The van der Waals surface area contributed by atoms with E-state index < -0.39 is 0 Å². The van der Waals surface area contributed by atoms with Gasteiger partial charge < -0.3 is 24.7 Å². The third-order valence-electron chi connectivity index (χ3n) is 9.93. The number of carbonyl (C=O) groups is 1. The molecule has 5 aromatic rings. The Morgan fingerprint density at radius 2 is 1.86 bits per heavy atom. The maximum Gasteiger partial charge on any atom is 0.254 e. The average molecular weight is 593 g/mol. The van der Waals surface area contributed by atoms with Crippen LogP contribution < -0.4 is 15.2 Å². The van der Waals surface area contributed by atoms with Crippen molar-refractivity contribution in [3.63, 3.8) is 0 Å². The minimum absolute atomic E-state index is 0.0681. The van der Waals surface area contributed by atoms with Crippen molar-refractivity contribution in [1.82, 2.24) is 14.5 Å². The number of pyridine rings is 1. The maximum absolute atomic E-state index is 13.7. The van der Waals surface area contributed by atoms with E-state index in [-0.39, 0.29) is 18.0 Å². The third-order valence-corrected chi connectivity index (χ3v) is 11.2. The number of aromatic nitrogens is 2. The average Bonchev–Trinajstić information content (AvgIpc) is 3.44. The fourth-order valence-electron chi connectivity index (χ4n) is 7.39. The number of hydrogen-bond donors (Lipinski definition) is 1. The number of amides is 1. The molecule has 7 nitrogen and oxygen atoms in total. The van der Waals surface area contributed by atoms with Crippen LogP contribution in [0.1, 0.15) is 41.6 Å². The van der Waals surface area contributed by atoms with Gasteiger partial charge in [-0.05, 0) is 91.5 Å². The van der Waals surface area contributed by atoms with Gasteiger partial charge in [-0.3, -0.25) is 4.79 Å². The van der Waals surface area contributed by atoms with Gasteiger partial charge in [0.05, 0.1) is 24.8 Å². The molecule has 8 heteroatoms. The molecule has 8 rings (SSSR count). The first-order valence-electron chi connectivity index (χ1n) is 15.2. The molecule has 1 saturated heterocycles. The summed E-state index contributed by atoms with van der Waals surface area (Å²) in [6.45, 7) is 3.94. The van der Waals surface area contributed by atoms with Crippen LogP contribution in [0.3, 0.4) is 0 Å². The van der Waals surface area contributed by atoms with Crippen LogP contribution >= 0.6 is 11.3 Å². The Hall–Kier alpha value is -3.88. The van der Waals surface area contributed by atoms with Gasteiger partial charge >= 0.3 is 0 Å². The summed E-state index contributed by atoms with van der Waals surface area (Å²) in [5.74, 6) is 2.56. The number of nitrogens with zero attached hydrogens (tertiary/aromatic N) is 3. The zero-order chi connectivity index (χ0) is 29.4. The summed E-state index contributed by atoms with van der Waals surface area (Å²) in [4.78, 5) is 21.3. The second-order valence-corrected chi connectivity index (χ2v) is 13.5. The Bertz CT molecular complexity index is 1900. The van der Waals surface area contributed by atoms with E-state index in [0.29, 0.717) is 23.3 Å². The third kappa shape index (κ3) is 4.33. The lowest BCUT2D eigenvalue weighted by Gasteiger charge is -2.27. The molecule has 2 saturated carbocycles. The number of carbonyl (C=O) groups excluding carboxylic acids is 1. The van der Waals surface area contributed by atoms with Crippen molar-refractivity contribution in [2.24, 2.45) is 17.6 Å². The van der Waals surface area contributed by atoms with E-state index in [1.54, 1.807) is 31.8 Å². The molecular formula is C35H36N4O3S. The molecule has 1 amide bonds. The van der Waals surface area contributed by atoms with E-state index in [1.807, 2.05) is 23.1 Å². The normalized spacial score (nSPS) is 21.3. The van der Waals surface area contributed by atoms with Crippen molar-refractivity contribution in [3.8, 4) is 33.3 Å². The monoisotopic (exact) mass is 592 g/mol. The molecule has 220 valence electrons. The fraction of sp³-hybridized carbons (Fsp3) is 0.371. The number of aryl methyl sites for hydroxylation is 1. The number of ether oxygens (including phenoxy) is 2. The molecule has 3 aliphatic rings. The first kappa shape index (κ1) is 26.7. The van der Waals surface area contributed by atoms with Crippen molar-refractivity contribution >= 4 is 38.2 Å². The second-order valence-electron chi connectivity index (χ2n) is 12.5. The lowest BCUT2D eigenvalue weighted by molar-refractivity contribution is 0.0700. The van der Waals surface area contributed by atoms with Crippen LogP contribution in [0.2, 0.25) is 0 Å². The summed E-state index contributed by atoms with van der Waals surface area (Å²) >= 11 is 1.76. The molecule has 2 unspecified atom stereocenters. The summed E-state index contributed by atoms with van der Waals surface area (Å²) in [5.41, 5.74) is 13.0. The highest BCUT2D eigenvalue weighted by atomic mass is 32.1. The molecule has 2 N–H and O–H groups in total. The van der Waals surface area contributed by atoms with E-state index in [4.69, 9.17) is 15.2 Å². The van der Waals surface area contributed by atoms with Gasteiger partial charge in [0.25, 0.3) is 5.91 Å². The van der Waals surface area contributed by atoms with E-state index in [9.17, 15) is 4.79 Å². The van der Waals surface area contributed by atoms with Gasteiger partial charge in [-0.15, -0.1) is 11.3 Å². The number of methoxy groups -OCH3 is 2. The highest BCUT2D eigenvalue weighted by Crippen LogP contribution is 2.46. The highest BCUT2D eigenvalue weighted by Gasteiger charge is 2.47. The molecule has 2 aromatic carbocycles. The lowest BCUT2D eigenvalue weighted by atomic mass is 10.0. The number of hydrogen-bond acceptors (Lipinski definition) is 6. The summed E-state index contributed by atoms with van der Waals surface area (Å²) in [5, 5.41) is 2.31. The van der Waals surface area contributed by atoms with Crippen LogP contribution in [-0.4, -0.2) is 53.2 Å². The minimum Gasteiger partial charge on any atom is -0.496 e. The molecule has 3 atom stereocenters. The smallest absolute Gasteiger partial charge is 0.254 e. The SMILES string of the molecule is COc1cc(-c2ccc3cc(-c4sc5cc(C(=O)N6CC7CCC6[C@@H]7N)cc(OC)c5c4C)n(CC4CC4)c3c2)ccn1. The molecular weight excluding hydrogens is 556 g/mol. The maximum atomic E-state index is 13.7. The van der Waals surface area contributed by atoms with Gasteiger partial charge in [0, 0.05) is 64.0 Å². The Morgan fingerprint density at radius 1 is 1.02 bits per heavy atom. The second kappa shape index (κ2) is 10.1. The van der Waals surface area contributed by atoms with Crippen LogP contribution in [0, 0.1) is 18.8 Å². The van der Waals surface area contributed by atoms with Crippen molar-refractivity contribution in [2.45, 2.75) is 51.2 Å². The number of fused-ring (bicyclic) bond motifs is 4. The first-order valence-corrected chi connectivity index (χ1v) is 16.1. The summed E-state index contributed by atoms with van der Waals surface area (Å²) in [7, 11) is 3.35. The van der Waals surface area contributed by atoms with E-state index in [1.165, 1.54) is 39.9 Å².